The molecule has 0 atom stereocenters. The van der Waals surface area contributed by atoms with Crippen LogP contribution in [0.2, 0.25) is 0 Å². The molecule has 1 aromatic rings. The normalized spacial score (nSPS) is 12.1. The van der Waals surface area contributed by atoms with Gasteiger partial charge in [-0.2, -0.15) is 5.26 Å². The van der Waals surface area contributed by atoms with Gasteiger partial charge in [0.2, 0.25) is 0 Å². The fourth-order valence-corrected chi connectivity index (χ4v) is 1.66. The molecule has 0 radical (unpaired) electrons. The van der Waals surface area contributed by atoms with E-state index in [1.165, 1.54) is 0 Å². The smallest absolute Gasteiger partial charge is 0.353 e. The first-order valence-corrected chi connectivity index (χ1v) is 6.12. The van der Waals surface area contributed by atoms with E-state index in [4.69, 9.17) is 22.6 Å². The van der Waals surface area contributed by atoms with E-state index in [9.17, 15) is 14.7 Å². The van der Waals surface area contributed by atoms with Gasteiger partial charge >= 0.3 is 5.97 Å². The van der Waals surface area contributed by atoms with Gasteiger partial charge in [-0.15, -0.1) is 0 Å². The van der Waals surface area contributed by atoms with Gasteiger partial charge in [0.1, 0.15) is 17.3 Å². The molecular weight excluding hydrogens is 294 g/mol. The van der Waals surface area contributed by atoms with Crippen molar-refractivity contribution in [1.82, 2.24) is 0 Å². The Kier molecular flexibility index (Phi) is 5.52. The zero-order chi connectivity index (χ0) is 16.0. The largest absolute Gasteiger partial charge is 0.477 e. The Labute approximate surface area is 126 Å². The summed E-state index contributed by atoms with van der Waals surface area (Å²) in [5.41, 5.74) is 5.52. The molecule has 0 aromatic heterocycles. The summed E-state index contributed by atoms with van der Waals surface area (Å²) in [6.07, 6.45) is 0.915. The van der Waals surface area contributed by atoms with Gasteiger partial charge in [-0.3, -0.25) is 4.79 Å². The van der Waals surface area contributed by atoms with Crippen molar-refractivity contribution in [2.24, 2.45) is 5.73 Å². The fourth-order valence-electron chi connectivity index (χ4n) is 1.42. The lowest BCUT2D eigenvalue weighted by molar-refractivity contribution is -0.132. The quantitative estimate of drug-likeness (QED) is 0.436. The maximum Gasteiger partial charge on any atom is 0.353 e. The van der Waals surface area contributed by atoms with Crippen LogP contribution >= 0.6 is 11.6 Å². The highest BCUT2D eigenvalue weighted by Gasteiger charge is 2.15. The minimum Gasteiger partial charge on any atom is -0.477 e. The number of primary amides is 1. The van der Waals surface area contributed by atoms with E-state index < -0.39 is 17.4 Å². The number of carbonyl (C=O) groups excluding carboxylic acids is 1. The van der Waals surface area contributed by atoms with E-state index in [0.29, 0.717) is 5.69 Å². The molecule has 0 saturated heterocycles. The molecule has 0 bridgehead atoms. The van der Waals surface area contributed by atoms with E-state index in [1.807, 2.05) is 0 Å². The van der Waals surface area contributed by atoms with Crippen LogP contribution in [0.5, 0.6) is 0 Å². The molecule has 1 rings (SSSR count). The highest BCUT2D eigenvalue weighted by Crippen LogP contribution is 2.20. The number of halogens is 1. The lowest BCUT2D eigenvalue weighted by Gasteiger charge is -2.10. The van der Waals surface area contributed by atoms with Crippen molar-refractivity contribution < 1.29 is 14.7 Å². The van der Waals surface area contributed by atoms with Crippen LogP contribution in [0.3, 0.4) is 0 Å². The summed E-state index contributed by atoms with van der Waals surface area (Å²) in [5.74, 6) is -2.32. The third kappa shape index (κ3) is 4.37. The SMILES string of the molecule is Cc1ccccc1NC(C(=O)O)=C(Cl)C=C(C#N)C(N)=O. The Morgan fingerprint density at radius 3 is 2.52 bits per heavy atom. The molecule has 0 aliphatic rings. The summed E-state index contributed by atoms with van der Waals surface area (Å²) in [6, 6.07) is 8.53. The van der Waals surface area contributed by atoms with Crippen LogP contribution in [0.4, 0.5) is 5.69 Å². The van der Waals surface area contributed by atoms with Crippen LogP contribution in [0.1, 0.15) is 5.56 Å². The second-order valence-electron chi connectivity index (χ2n) is 4.00. The molecule has 108 valence electrons. The zero-order valence-corrected chi connectivity index (χ0v) is 11.8. The lowest BCUT2D eigenvalue weighted by Crippen LogP contribution is -2.15. The molecule has 0 unspecified atom stereocenters. The van der Waals surface area contributed by atoms with E-state index in [0.717, 1.165) is 11.6 Å². The Balaban J connectivity index is 3.27. The molecule has 1 amide bonds. The van der Waals surface area contributed by atoms with Gasteiger partial charge in [-0.25, -0.2) is 4.79 Å². The summed E-state index contributed by atoms with van der Waals surface area (Å²) in [6.45, 7) is 1.79. The molecule has 7 heteroatoms. The highest BCUT2D eigenvalue weighted by molar-refractivity contribution is 6.34. The van der Waals surface area contributed by atoms with Crippen LogP contribution in [0.15, 0.2) is 46.6 Å². The van der Waals surface area contributed by atoms with Crippen molar-refractivity contribution in [3.05, 3.63) is 52.2 Å². The molecule has 21 heavy (non-hydrogen) atoms. The molecule has 0 spiro atoms. The minimum absolute atomic E-state index is 0.305. The molecular formula is C14H12ClN3O3. The standard InChI is InChI=1S/C14H12ClN3O3/c1-8-4-2-3-5-11(8)18-12(14(20)21)10(15)6-9(7-16)13(17)19/h2-6,18H,1H3,(H2,17,19)(H,20,21). The number of hydrogen-bond acceptors (Lipinski definition) is 4. The maximum absolute atomic E-state index is 11.3. The number of carboxylic acid groups (broad SMARTS) is 1. The molecule has 0 aliphatic carbocycles. The van der Waals surface area contributed by atoms with Gasteiger partial charge in [0.25, 0.3) is 5.91 Å². The van der Waals surface area contributed by atoms with E-state index in [-0.39, 0.29) is 10.7 Å². The van der Waals surface area contributed by atoms with E-state index >= 15 is 0 Å². The topological polar surface area (TPSA) is 116 Å². The third-order valence-electron chi connectivity index (χ3n) is 2.51. The number of benzene rings is 1. The number of nitriles is 1. The third-order valence-corrected chi connectivity index (χ3v) is 2.81. The number of rotatable bonds is 5. The van der Waals surface area contributed by atoms with E-state index in [1.54, 1.807) is 37.3 Å². The van der Waals surface area contributed by atoms with Gasteiger partial charge in [0.05, 0.1) is 5.03 Å². The Hall–Kier alpha value is -2.78. The Morgan fingerprint density at radius 1 is 1.43 bits per heavy atom. The number of para-hydroxylation sites is 1. The first kappa shape index (κ1) is 16.3. The number of amides is 1. The van der Waals surface area contributed by atoms with Gasteiger partial charge < -0.3 is 16.2 Å². The number of nitrogens with two attached hydrogens (primary N) is 1. The monoisotopic (exact) mass is 305 g/mol. The number of aryl methyl sites for hydroxylation is 1. The molecule has 0 saturated carbocycles. The predicted molar refractivity (Wildman–Crippen MR) is 78.2 cm³/mol. The summed E-state index contributed by atoms with van der Waals surface area (Å²) >= 11 is 5.86. The number of allylic oxidation sites excluding steroid dienone is 2. The Morgan fingerprint density at radius 2 is 2.05 bits per heavy atom. The van der Waals surface area contributed by atoms with Gasteiger partial charge in [0.15, 0.2) is 0 Å². The van der Waals surface area contributed by atoms with Crippen LogP contribution in [0, 0.1) is 18.3 Å². The second-order valence-corrected chi connectivity index (χ2v) is 4.41. The number of carboxylic acids is 1. The number of anilines is 1. The Bertz CT molecular complexity index is 687. The number of aliphatic carboxylic acids is 1. The van der Waals surface area contributed by atoms with Crippen molar-refractivity contribution in [1.29, 1.82) is 5.26 Å². The van der Waals surface area contributed by atoms with Gasteiger partial charge in [-0.1, -0.05) is 29.8 Å². The number of nitrogens with one attached hydrogen (secondary N) is 1. The number of carbonyl (C=O) groups is 2. The van der Waals surface area contributed by atoms with Crippen molar-refractivity contribution in [3.63, 3.8) is 0 Å². The predicted octanol–water partition coefficient (Wildman–Crippen LogP) is 1.88. The average molecular weight is 306 g/mol. The fraction of sp³-hybridized carbons (Fsp3) is 0.0714. The summed E-state index contributed by atoms with van der Waals surface area (Å²) < 4.78 is 0. The second kappa shape index (κ2) is 7.12. The number of nitrogens with zero attached hydrogens (tertiary/aromatic N) is 1. The van der Waals surface area contributed by atoms with Crippen molar-refractivity contribution in [3.8, 4) is 6.07 Å². The van der Waals surface area contributed by atoms with E-state index in [2.05, 4.69) is 5.32 Å². The van der Waals surface area contributed by atoms with Crippen molar-refractivity contribution in [2.45, 2.75) is 6.92 Å². The summed E-state index contributed by atoms with van der Waals surface area (Å²) in [4.78, 5) is 22.2. The van der Waals surface area contributed by atoms with Gasteiger partial charge in [-0.05, 0) is 24.6 Å². The average Bonchev–Trinajstić information content (AvgIpc) is 2.42. The minimum atomic E-state index is -1.33. The summed E-state index contributed by atoms with van der Waals surface area (Å²) in [7, 11) is 0. The van der Waals surface area contributed by atoms with Crippen LogP contribution in [-0.2, 0) is 9.59 Å². The molecule has 4 N–H and O–H groups in total. The van der Waals surface area contributed by atoms with Crippen molar-refractivity contribution >= 4 is 29.2 Å². The van der Waals surface area contributed by atoms with Gasteiger partial charge in [0, 0.05) is 5.69 Å². The highest BCUT2D eigenvalue weighted by atomic mass is 35.5. The zero-order valence-electron chi connectivity index (χ0n) is 11.1. The van der Waals surface area contributed by atoms with Crippen molar-refractivity contribution in [2.75, 3.05) is 5.32 Å². The van der Waals surface area contributed by atoms with Crippen LogP contribution in [-0.4, -0.2) is 17.0 Å². The van der Waals surface area contributed by atoms with Crippen LogP contribution in [0.25, 0.3) is 0 Å². The molecule has 0 fully saturated rings. The molecule has 1 aromatic carbocycles. The lowest BCUT2D eigenvalue weighted by atomic mass is 10.2. The molecule has 6 nitrogen and oxygen atoms in total. The maximum atomic E-state index is 11.3. The van der Waals surface area contributed by atoms with Crippen LogP contribution < -0.4 is 11.1 Å². The first-order valence-electron chi connectivity index (χ1n) is 5.74. The first-order chi connectivity index (χ1) is 9.86. The number of hydrogen-bond donors (Lipinski definition) is 3. The molecule has 0 aliphatic heterocycles. The summed E-state index contributed by atoms with van der Waals surface area (Å²) in [5, 5.41) is 20.3. The molecule has 0 heterocycles.